The van der Waals surface area contributed by atoms with Gasteiger partial charge in [0, 0.05) is 36.7 Å². The van der Waals surface area contributed by atoms with E-state index in [1.54, 1.807) is 13.1 Å². The Morgan fingerprint density at radius 2 is 2.33 bits per heavy atom. The second kappa shape index (κ2) is 5.52. The van der Waals surface area contributed by atoms with E-state index >= 15 is 0 Å². The predicted molar refractivity (Wildman–Crippen MR) is 78.4 cm³/mol. The minimum absolute atomic E-state index is 0.101. The lowest BCUT2D eigenvalue weighted by atomic mass is 10.1. The molecule has 5 heteroatoms. The number of carbonyl (C=O) groups is 1. The lowest BCUT2D eigenvalue weighted by Gasteiger charge is -2.33. The lowest BCUT2D eigenvalue weighted by Crippen LogP contribution is -2.37. The molecule has 0 saturated carbocycles. The summed E-state index contributed by atoms with van der Waals surface area (Å²) in [5.41, 5.74) is 8.38. The van der Waals surface area contributed by atoms with E-state index in [-0.39, 0.29) is 5.91 Å². The van der Waals surface area contributed by atoms with Gasteiger partial charge in [-0.3, -0.25) is 4.79 Å². The van der Waals surface area contributed by atoms with Gasteiger partial charge in [0.2, 0.25) is 0 Å². The Hall–Kier alpha value is -1.36. The molecule has 1 unspecified atom stereocenters. The molecule has 1 aromatic carbocycles. The van der Waals surface area contributed by atoms with Gasteiger partial charge in [-0.15, -0.1) is 0 Å². The zero-order chi connectivity index (χ0) is 13.1. The summed E-state index contributed by atoms with van der Waals surface area (Å²) in [5.74, 6) is 1.02. The average molecular weight is 265 g/mol. The Morgan fingerprint density at radius 3 is 2.94 bits per heavy atom. The number of nitrogens with two attached hydrogens (primary N) is 1. The van der Waals surface area contributed by atoms with E-state index in [1.165, 1.54) is 0 Å². The second-order valence-electron chi connectivity index (χ2n) is 4.48. The Balaban J connectivity index is 2.21. The number of hydrogen-bond donors (Lipinski definition) is 2. The standard InChI is InChI=1S/C13H19N3OS/c1-9-8-16(5-6-18-9)12-4-3-10(7-11(12)14)13(17)15-2/h3-4,7,9H,5-6,8,14H2,1-2H3,(H,15,17). The van der Waals surface area contributed by atoms with Gasteiger partial charge in [0.1, 0.15) is 0 Å². The molecule has 1 aromatic rings. The molecule has 4 nitrogen and oxygen atoms in total. The van der Waals surface area contributed by atoms with Gasteiger partial charge in [-0.1, -0.05) is 6.92 Å². The molecule has 18 heavy (non-hydrogen) atoms. The van der Waals surface area contributed by atoms with Crippen LogP contribution in [-0.4, -0.2) is 37.0 Å². The summed E-state index contributed by atoms with van der Waals surface area (Å²) in [6, 6.07) is 5.53. The molecule has 1 saturated heterocycles. The number of amides is 1. The first kappa shape index (κ1) is 13.1. The van der Waals surface area contributed by atoms with Gasteiger partial charge in [0.15, 0.2) is 0 Å². The number of nitrogens with one attached hydrogen (secondary N) is 1. The van der Waals surface area contributed by atoms with Crippen molar-refractivity contribution < 1.29 is 4.79 Å². The number of rotatable bonds is 2. The van der Waals surface area contributed by atoms with Crippen LogP contribution in [0.4, 0.5) is 11.4 Å². The van der Waals surface area contributed by atoms with Crippen LogP contribution in [0.2, 0.25) is 0 Å². The van der Waals surface area contributed by atoms with Gasteiger partial charge in [0.05, 0.1) is 11.4 Å². The lowest BCUT2D eigenvalue weighted by molar-refractivity contribution is 0.0963. The third kappa shape index (κ3) is 2.72. The fourth-order valence-corrected chi connectivity index (χ4v) is 3.18. The van der Waals surface area contributed by atoms with E-state index in [1.807, 2.05) is 23.9 Å². The predicted octanol–water partition coefficient (Wildman–Crippen LogP) is 1.57. The van der Waals surface area contributed by atoms with E-state index in [0.717, 1.165) is 24.5 Å². The highest BCUT2D eigenvalue weighted by Crippen LogP contribution is 2.29. The van der Waals surface area contributed by atoms with Crippen LogP contribution in [0.3, 0.4) is 0 Å². The SMILES string of the molecule is CNC(=O)c1ccc(N2CCSC(C)C2)c(N)c1. The molecule has 1 heterocycles. The maximum absolute atomic E-state index is 11.5. The highest BCUT2D eigenvalue weighted by atomic mass is 32.2. The summed E-state index contributed by atoms with van der Waals surface area (Å²) < 4.78 is 0. The summed E-state index contributed by atoms with van der Waals surface area (Å²) in [7, 11) is 1.62. The van der Waals surface area contributed by atoms with Gasteiger partial charge < -0.3 is 16.0 Å². The van der Waals surface area contributed by atoms with Gasteiger partial charge in [-0.25, -0.2) is 0 Å². The maximum Gasteiger partial charge on any atom is 0.251 e. The molecule has 0 radical (unpaired) electrons. The zero-order valence-corrected chi connectivity index (χ0v) is 11.6. The average Bonchev–Trinajstić information content (AvgIpc) is 2.37. The molecule has 0 aromatic heterocycles. The number of carbonyl (C=O) groups excluding carboxylic acids is 1. The summed E-state index contributed by atoms with van der Waals surface area (Å²) in [4.78, 5) is 13.8. The van der Waals surface area contributed by atoms with Crippen LogP contribution in [0, 0.1) is 0 Å². The van der Waals surface area contributed by atoms with Crippen molar-refractivity contribution in [1.82, 2.24) is 5.32 Å². The van der Waals surface area contributed by atoms with Crippen LogP contribution in [-0.2, 0) is 0 Å². The number of benzene rings is 1. The molecule has 1 fully saturated rings. The first-order valence-electron chi connectivity index (χ1n) is 6.10. The largest absolute Gasteiger partial charge is 0.397 e. The van der Waals surface area contributed by atoms with Crippen molar-refractivity contribution in [2.45, 2.75) is 12.2 Å². The van der Waals surface area contributed by atoms with Gasteiger partial charge in [0.25, 0.3) is 5.91 Å². The third-order valence-electron chi connectivity index (χ3n) is 3.10. The number of hydrogen-bond acceptors (Lipinski definition) is 4. The van der Waals surface area contributed by atoms with Crippen LogP contribution < -0.4 is 16.0 Å². The quantitative estimate of drug-likeness (QED) is 0.797. The van der Waals surface area contributed by atoms with Crippen molar-refractivity contribution in [3.63, 3.8) is 0 Å². The fraction of sp³-hybridized carbons (Fsp3) is 0.462. The first-order valence-corrected chi connectivity index (χ1v) is 7.15. The summed E-state index contributed by atoms with van der Waals surface area (Å²) in [5, 5.41) is 3.23. The molecule has 2 rings (SSSR count). The molecule has 3 N–H and O–H groups in total. The summed E-state index contributed by atoms with van der Waals surface area (Å²) >= 11 is 1.99. The Bertz CT molecular complexity index is 450. The number of nitrogens with zero attached hydrogens (tertiary/aromatic N) is 1. The van der Waals surface area contributed by atoms with Gasteiger partial charge in [-0.2, -0.15) is 11.8 Å². The van der Waals surface area contributed by atoms with Crippen LogP contribution >= 0.6 is 11.8 Å². The van der Waals surface area contributed by atoms with Crippen LogP contribution in [0.25, 0.3) is 0 Å². The third-order valence-corrected chi connectivity index (χ3v) is 4.23. The number of nitrogen functional groups attached to an aromatic ring is 1. The smallest absolute Gasteiger partial charge is 0.251 e. The van der Waals surface area contributed by atoms with Crippen LogP contribution in [0.5, 0.6) is 0 Å². The van der Waals surface area contributed by atoms with E-state index < -0.39 is 0 Å². The topological polar surface area (TPSA) is 58.4 Å². The maximum atomic E-state index is 11.5. The Labute approximate surface area is 112 Å². The van der Waals surface area contributed by atoms with E-state index in [2.05, 4.69) is 17.1 Å². The van der Waals surface area contributed by atoms with Gasteiger partial charge in [-0.05, 0) is 18.2 Å². The molecule has 0 aliphatic carbocycles. The molecule has 1 aliphatic rings. The Morgan fingerprint density at radius 1 is 1.56 bits per heavy atom. The second-order valence-corrected chi connectivity index (χ2v) is 6.03. The van der Waals surface area contributed by atoms with Crippen LogP contribution in [0.15, 0.2) is 18.2 Å². The van der Waals surface area contributed by atoms with Crippen molar-refractivity contribution in [2.75, 3.05) is 36.5 Å². The van der Waals surface area contributed by atoms with Crippen LogP contribution in [0.1, 0.15) is 17.3 Å². The van der Waals surface area contributed by atoms with Crippen molar-refractivity contribution in [1.29, 1.82) is 0 Å². The molecule has 0 spiro atoms. The molecule has 1 amide bonds. The van der Waals surface area contributed by atoms with E-state index in [9.17, 15) is 4.79 Å². The highest BCUT2D eigenvalue weighted by Gasteiger charge is 2.19. The van der Waals surface area contributed by atoms with E-state index in [0.29, 0.717) is 16.5 Å². The van der Waals surface area contributed by atoms with Crippen molar-refractivity contribution >= 4 is 29.0 Å². The molecular formula is C13H19N3OS. The summed E-state index contributed by atoms with van der Waals surface area (Å²) in [6.45, 7) is 4.25. The number of anilines is 2. The van der Waals surface area contributed by atoms with Crippen molar-refractivity contribution in [2.24, 2.45) is 0 Å². The summed E-state index contributed by atoms with van der Waals surface area (Å²) in [6.07, 6.45) is 0. The minimum Gasteiger partial charge on any atom is -0.397 e. The Kier molecular flexibility index (Phi) is 4.01. The number of thioether (sulfide) groups is 1. The first-order chi connectivity index (χ1) is 8.61. The van der Waals surface area contributed by atoms with Gasteiger partial charge >= 0.3 is 0 Å². The van der Waals surface area contributed by atoms with Crippen molar-refractivity contribution in [3.8, 4) is 0 Å². The minimum atomic E-state index is -0.101. The zero-order valence-electron chi connectivity index (χ0n) is 10.8. The normalized spacial score (nSPS) is 19.7. The van der Waals surface area contributed by atoms with Crippen molar-refractivity contribution in [3.05, 3.63) is 23.8 Å². The monoisotopic (exact) mass is 265 g/mol. The highest BCUT2D eigenvalue weighted by molar-refractivity contribution is 8.00. The van der Waals surface area contributed by atoms with E-state index in [4.69, 9.17) is 5.73 Å². The molecule has 0 bridgehead atoms. The molecule has 98 valence electrons. The molecule has 1 atom stereocenters. The fourth-order valence-electron chi connectivity index (χ4n) is 2.17. The molecular weight excluding hydrogens is 246 g/mol. The molecule has 1 aliphatic heterocycles.